The molecule has 0 atom stereocenters. The summed E-state index contributed by atoms with van der Waals surface area (Å²) in [7, 11) is 0. The van der Waals surface area contributed by atoms with Crippen LogP contribution in [0.2, 0.25) is 0 Å². The van der Waals surface area contributed by atoms with Crippen LogP contribution < -0.4 is 0 Å². The van der Waals surface area contributed by atoms with Gasteiger partial charge in [0.2, 0.25) is 5.91 Å². The van der Waals surface area contributed by atoms with E-state index in [-0.39, 0.29) is 30.8 Å². The number of fused-ring (bicyclic) bond motifs is 1. The predicted molar refractivity (Wildman–Crippen MR) is 68.6 cm³/mol. The largest absolute Gasteiger partial charge is 0.463 e. The van der Waals surface area contributed by atoms with Gasteiger partial charge in [-0.05, 0) is 26.0 Å². The number of hydrogen-bond donors (Lipinski definition) is 0. The molecule has 100 valence electrons. The van der Waals surface area contributed by atoms with E-state index in [1.807, 2.05) is 12.1 Å². The van der Waals surface area contributed by atoms with Crippen LogP contribution in [0.4, 0.5) is 0 Å². The van der Waals surface area contributed by atoms with Crippen molar-refractivity contribution in [2.75, 3.05) is 0 Å². The zero-order valence-electron chi connectivity index (χ0n) is 10.9. The Morgan fingerprint density at radius 1 is 1.26 bits per heavy atom. The molecule has 0 saturated carbocycles. The van der Waals surface area contributed by atoms with Gasteiger partial charge in [0.15, 0.2) is 0 Å². The van der Waals surface area contributed by atoms with E-state index in [0.717, 1.165) is 0 Å². The van der Waals surface area contributed by atoms with Crippen LogP contribution in [0.1, 0.15) is 31.5 Å². The summed E-state index contributed by atoms with van der Waals surface area (Å²) in [6, 6.07) is 7.17. The third kappa shape index (κ3) is 3.15. The van der Waals surface area contributed by atoms with Gasteiger partial charge in [-0.3, -0.25) is 9.59 Å². The number of benzene rings is 1. The maximum Gasteiger partial charge on any atom is 0.306 e. The number of esters is 1. The fourth-order valence-electron chi connectivity index (χ4n) is 1.69. The Kier molecular flexibility index (Phi) is 3.89. The van der Waals surface area contributed by atoms with Gasteiger partial charge < -0.3 is 4.74 Å². The van der Waals surface area contributed by atoms with E-state index in [0.29, 0.717) is 11.0 Å². The van der Waals surface area contributed by atoms with Crippen molar-refractivity contribution in [1.29, 1.82) is 0 Å². The fraction of sp³-hybridized carbons (Fsp3) is 0.385. The standard InChI is InChI=1S/C13H15N3O3/c1-9(2)19-13(18)8-7-12(17)16-11-6-4-3-5-10(11)14-15-16/h3-6,9H,7-8H2,1-2H3. The zero-order valence-corrected chi connectivity index (χ0v) is 10.9. The molecule has 0 aliphatic carbocycles. The third-order valence-corrected chi connectivity index (χ3v) is 2.50. The molecule has 0 radical (unpaired) electrons. The van der Waals surface area contributed by atoms with Gasteiger partial charge in [0.1, 0.15) is 5.52 Å². The van der Waals surface area contributed by atoms with Crippen molar-refractivity contribution in [3.63, 3.8) is 0 Å². The topological polar surface area (TPSA) is 74.1 Å². The molecule has 0 saturated heterocycles. The number of nitrogens with zero attached hydrogens (tertiary/aromatic N) is 3. The second-order valence-corrected chi connectivity index (χ2v) is 4.42. The SMILES string of the molecule is CC(C)OC(=O)CCC(=O)n1nnc2ccccc21. The number of carbonyl (C=O) groups is 2. The van der Waals surface area contributed by atoms with Crippen molar-refractivity contribution in [1.82, 2.24) is 15.0 Å². The van der Waals surface area contributed by atoms with Crippen LogP contribution in [0.5, 0.6) is 0 Å². The Balaban J connectivity index is 2.02. The maximum atomic E-state index is 12.0. The second-order valence-electron chi connectivity index (χ2n) is 4.42. The van der Waals surface area contributed by atoms with Gasteiger partial charge in [-0.25, -0.2) is 0 Å². The first-order valence-electron chi connectivity index (χ1n) is 6.11. The van der Waals surface area contributed by atoms with Crippen LogP contribution in [-0.2, 0) is 9.53 Å². The minimum absolute atomic E-state index is 0.0468. The van der Waals surface area contributed by atoms with Gasteiger partial charge in [-0.2, -0.15) is 4.68 Å². The Labute approximate surface area is 110 Å². The summed E-state index contributed by atoms with van der Waals surface area (Å²) in [4.78, 5) is 23.3. The highest BCUT2D eigenvalue weighted by Gasteiger charge is 2.14. The van der Waals surface area contributed by atoms with Gasteiger partial charge in [-0.15, -0.1) is 5.10 Å². The number of aromatic nitrogens is 3. The molecule has 2 rings (SSSR count). The molecule has 0 unspecified atom stereocenters. The first-order chi connectivity index (χ1) is 9.08. The lowest BCUT2D eigenvalue weighted by molar-refractivity contribution is -0.147. The number of carbonyl (C=O) groups excluding carboxylic acids is 2. The smallest absolute Gasteiger partial charge is 0.306 e. The molecule has 6 nitrogen and oxygen atoms in total. The number of hydrogen-bond acceptors (Lipinski definition) is 5. The van der Waals surface area contributed by atoms with Gasteiger partial charge >= 0.3 is 5.97 Å². The fourth-order valence-corrected chi connectivity index (χ4v) is 1.69. The molecule has 1 aromatic carbocycles. The molecule has 6 heteroatoms. The monoisotopic (exact) mass is 261 g/mol. The van der Waals surface area contributed by atoms with Crippen LogP contribution in [-0.4, -0.2) is 33.0 Å². The Hall–Kier alpha value is -2.24. The second kappa shape index (κ2) is 5.60. The van der Waals surface area contributed by atoms with Crippen molar-refractivity contribution in [3.05, 3.63) is 24.3 Å². The maximum absolute atomic E-state index is 12.0. The lowest BCUT2D eigenvalue weighted by Gasteiger charge is -2.07. The molecule has 0 bridgehead atoms. The lowest BCUT2D eigenvalue weighted by atomic mass is 10.2. The summed E-state index contributed by atoms with van der Waals surface area (Å²) in [6.45, 7) is 3.54. The molecule has 0 amide bonds. The van der Waals surface area contributed by atoms with Gasteiger partial charge in [0.25, 0.3) is 0 Å². The van der Waals surface area contributed by atoms with Crippen LogP contribution in [0.25, 0.3) is 11.0 Å². The molecule has 2 aromatic rings. The number of para-hydroxylation sites is 1. The summed E-state index contributed by atoms with van der Waals surface area (Å²) < 4.78 is 6.19. The van der Waals surface area contributed by atoms with Crippen molar-refractivity contribution in [2.24, 2.45) is 0 Å². The lowest BCUT2D eigenvalue weighted by Crippen LogP contribution is -2.17. The summed E-state index contributed by atoms with van der Waals surface area (Å²) in [5.41, 5.74) is 1.30. The van der Waals surface area contributed by atoms with E-state index in [1.165, 1.54) is 4.68 Å². The summed E-state index contributed by atoms with van der Waals surface area (Å²) >= 11 is 0. The molecule has 0 spiro atoms. The Bertz CT molecular complexity index is 604. The van der Waals surface area contributed by atoms with E-state index < -0.39 is 0 Å². The van der Waals surface area contributed by atoms with E-state index in [9.17, 15) is 9.59 Å². The van der Waals surface area contributed by atoms with Gasteiger partial charge in [0, 0.05) is 6.42 Å². The molecule has 19 heavy (non-hydrogen) atoms. The molecule has 0 aliphatic rings. The molecule has 0 N–H and O–H groups in total. The predicted octanol–water partition coefficient (Wildman–Crippen LogP) is 1.80. The highest BCUT2D eigenvalue weighted by atomic mass is 16.5. The van der Waals surface area contributed by atoms with E-state index >= 15 is 0 Å². The Morgan fingerprint density at radius 3 is 2.74 bits per heavy atom. The first kappa shape index (κ1) is 13.2. The van der Waals surface area contributed by atoms with Gasteiger partial charge in [-0.1, -0.05) is 17.3 Å². The molecule has 0 fully saturated rings. The average Bonchev–Trinajstić information content (AvgIpc) is 2.79. The average molecular weight is 261 g/mol. The number of rotatable bonds is 4. The summed E-state index contributed by atoms with van der Waals surface area (Å²) in [5.74, 6) is -0.651. The Morgan fingerprint density at radius 2 is 2.00 bits per heavy atom. The molecular weight excluding hydrogens is 246 g/mol. The number of ether oxygens (including phenoxy) is 1. The highest BCUT2D eigenvalue weighted by molar-refractivity contribution is 5.90. The molecule has 1 heterocycles. The third-order valence-electron chi connectivity index (χ3n) is 2.50. The minimum atomic E-state index is -0.382. The quantitative estimate of drug-likeness (QED) is 0.784. The van der Waals surface area contributed by atoms with E-state index in [1.54, 1.807) is 26.0 Å². The van der Waals surface area contributed by atoms with Crippen molar-refractivity contribution < 1.29 is 14.3 Å². The zero-order chi connectivity index (χ0) is 13.8. The van der Waals surface area contributed by atoms with Gasteiger partial charge in [0.05, 0.1) is 18.0 Å². The summed E-state index contributed by atoms with van der Waals surface area (Å²) in [5, 5.41) is 7.69. The van der Waals surface area contributed by atoms with Crippen LogP contribution in [0, 0.1) is 0 Å². The van der Waals surface area contributed by atoms with Crippen LogP contribution in [0.15, 0.2) is 24.3 Å². The van der Waals surface area contributed by atoms with E-state index in [2.05, 4.69) is 10.3 Å². The minimum Gasteiger partial charge on any atom is -0.463 e. The van der Waals surface area contributed by atoms with E-state index in [4.69, 9.17) is 4.74 Å². The van der Waals surface area contributed by atoms with Crippen LogP contribution >= 0.6 is 0 Å². The molecule has 0 aliphatic heterocycles. The van der Waals surface area contributed by atoms with Crippen LogP contribution in [0.3, 0.4) is 0 Å². The highest BCUT2D eigenvalue weighted by Crippen LogP contribution is 2.11. The molecular formula is C13H15N3O3. The van der Waals surface area contributed by atoms with Crippen molar-refractivity contribution >= 4 is 22.9 Å². The first-order valence-corrected chi connectivity index (χ1v) is 6.11. The summed E-state index contributed by atoms with van der Waals surface area (Å²) in [6.07, 6.45) is -0.0702. The van der Waals surface area contributed by atoms with Crippen molar-refractivity contribution in [2.45, 2.75) is 32.8 Å². The molecule has 1 aromatic heterocycles. The van der Waals surface area contributed by atoms with Crippen molar-refractivity contribution in [3.8, 4) is 0 Å². The normalized spacial score (nSPS) is 10.9.